The second kappa shape index (κ2) is 6.45. The molecule has 114 valence electrons. The monoisotopic (exact) mass is 295 g/mol. The first-order valence-electron chi connectivity index (χ1n) is 7.88. The molecular weight excluding hydrogens is 273 g/mol. The van der Waals surface area contributed by atoms with Crippen molar-refractivity contribution in [1.82, 2.24) is 4.90 Å². The fourth-order valence-electron chi connectivity index (χ4n) is 3.16. The van der Waals surface area contributed by atoms with Crippen molar-refractivity contribution in [2.45, 2.75) is 19.3 Å². The van der Waals surface area contributed by atoms with Gasteiger partial charge in [0, 0.05) is 6.54 Å². The van der Waals surface area contributed by atoms with Gasteiger partial charge in [-0.25, -0.2) is 4.39 Å². The highest BCUT2D eigenvalue weighted by atomic mass is 19.1. The summed E-state index contributed by atoms with van der Waals surface area (Å²) >= 11 is 0. The summed E-state index contributed by atoms with van der Waals surface area (Å²) in [7, 11) is 4.15. The lowest BCUT2D eigenvalue weighted by molar-refractivity contribution is 0.417. The first-order valence-corrected chi connectivity index (χ1v) is 7.88. The molecule has 0 amide bonds. The van der Waals surface area contributed by atoms with E-state index in [9.17, 15) is 4.39 Å². The van der Waals surface area contributed by atoms with Gasteiger partial charge in [-0.05, 0) is 67.3 Å². The third-order valence-electron chi connectivity index (χ3n) is 4.29. The standard InChI is InChI=1S/C20H22FN/c1-22(2)14-6-10-17-16-8-4-3-7-15(16)12-13-19-18(17)9-5-11-20(19)21/h3-5,7-11H,6,12-14H2,1-2H3. The predicted octanol–water partition coefficient (Wildman–Crippen LogP) is 4.31. The van der Waals surface area contributed by atoms with Gasteiger partial charge in [0.25, 0.3) is 0 Å². The summed E-state index contributed by atoms with van der Waals surface area (Å²) in [6.07, 6.45) is 4.90. The number of hydrogen-bond donors (Lipinski definition) is 0. The number of aryl methyl sites for hydroxylation is 1. The first-order chi connectivity index (χ1) is 10.7. The normalized spacial score (nSPS) is 15.5. The summed E-state index contributed by atoms with van der Waals surface area (Å²) < 4.78 is 14.3. The molecule has 0 heterocycles. The fourth-order valence-corrected chi connectivity index (χ4v) is 3.16. The average molecular weight is 295 g/mol. The maximum atomic E-state index is 14.3. The van der Waals surface area contributed by atoms with Crippen molar-refractivity contribution in [1.29, 1.82) is 0 Å². The van der Waals surface area contributed by atoms with Gasteiger partial charge in [-0.2, -0.15) is 0 Å². The molecule has 2 heteroatoms. The van der Waals surface area contributed by atoms with E-state index >= 15 is 0 Å². The third kappa shape index (κ3) is 2.97. The molecule has 0 N–H and O–H groups in total. The number of rotatable bonds is 3. The highest BCUT2D eigenvalue weighted by molar-refractivity contribution is 5.84. The van der Waals surface area contributed by atoms with Crippen molar-refractivity contribution in [3.63, 3.8) is 0 Å². The molecule has 2 aromatic rings. The Bertz CT molecular complexity index is 701. The molecule has 0 fully saturated rings. The Morgan fingerprint density at radius 1 is 1.00 bits per heavy atom. The van der Waals surface area contributed by atoms with Crippen molar-refractivity contribution in [2.24, 2.45) is 0 Å². The van der Waals surface area contributed by atoms with Crippen molar-refractivity contribution < 1.29 is 4.39 Å². The molecule has 3 rings (SSSR count). The van der Waals surface area contributed by atoms with E-state index in [1.165, 1.54) is 16.7 Å². The number of halogens is 1. The Labute approximate surface area is 132 Å². The smallest absolute Gasteiger partial charge is 0.127 e. The SMILES string of the molecule is CN(C)CCC=C1c2ccccc2CCc2c(F)cccc21. The lowest BCUT2D eigenvalue weighted by atomic mass is 9.93. The van der Waals surface area contributed by atoms with Crippen molar-refractivity contribution >= 4 is 5.57 Å². The highest BCUT2D eigenvalue weighted by Crippen LogP contribution is 2.34. The van der Waals surface area contributed by atoms with Gasteiger partial charge in [-0.3, -0.25) is 0 Å². The quantitative estimate of drug-likeness (QED) is 0.815. The fraction of sp³-hybridized carbons (Fsp3) is 0.300. The largest absolute Gasteiger partial charge is 0.309 e. The molecule has 2 aromatic carbocycles. The van der Waals surface area contributed by atoms with Gasteiger partial charge in [0.15, 0.2) is 0 Å². The van der Waals surface area contributed by atoms with Crippen LogP contribution in [0.2, 0.25) is 0 Å². The summed E-state index contributed by atoms with van der Waals surface area (Å²) in [4.78, 5) is 2.17. The van der Waals surface area contributed by atoms with Gasteiger partial charge in [-0.1, -0.05) is 42.5 Å². The summed E-state index contributed by atoms with van der Waals surface area (Å²) in [5.41, 5.74) is 5.67. The minimum atomic E-state index is -0.0798. The van der Waals surface area contributed by atoms with Crippen LogP contribution in [-0.2, 0) is 12.8 Å². The van der Waals surface area contributed by atoms with Gasteiger partial charge in [0.1, 0.15) is 5.82 Å². The van der Waals surface area contributed by atoms with Crippen LogP contribution in [0.4, 0.5) is 4.39 Å². The number of benzene rings is 2. The topological polar surface area (TPSA) is 3.24 Å². The van der Waals surface area contributed by atoms with Crippen molar-refractivity contribution in [3.8, 4) is 0 Å². The van der Waals surface area contributed by atoms with E-state index < -0.39 is 0 Å². The molecule has 1 nitrogen and oxygen atoms in total. The summed E-state index contributed by atoms with van der Waals surface area (Å²) in [5.74, 6) is -0.0798. The van der Waals surface area contributed by atoms with Crippen LogP contribution < -0.4 is 0 Å². The molecule has 0 saturated heterocycles. The maximum Gasteiger partial charge on any atom is 0.127 e. The van der Waals surface area contributed by atoms with E-state index in [1.54, 1.807) is 6.07 Å². The minimum absolute atomic E-state index is 0.0798. The van der Waals surface area contributed by atoms with Crippen molar-refractivity contribution in [3.05, 3.63) is 76.6 Å². The average Bonchev–Trinajstić information content (AvgIpc) is 2.66. The molecule has 22 heavy (non-hydrogen) atoms. The number of nitrogens with zero attached hydrogens (tertiary/aromatic N) is 1. The van der Waals surface area contributed by atoms with Gasteiger partial charge in [0.2, 0.25) is 0 Å². The van der Waals surface area contributed by atoms with E-state index in [2.05, 4.69) is 55.4 Å². The molecule has 0 unspecified atom stereocenters. The Morgan fingerprint density at radius 2 is 1.77 bits per heavy atom. The third-order valence-corrected chi connectivity index (χ3v) is 4.29. The van der Waals surface area contributed by atoms with Gasteiger partial charge in [0.05, 0.1) is 0 Å². The minimum Gasteiger partial charge on any atom is -0.309 e. The molecule has 0 aliphatic heterocycles. The lowest BCUT2D eigenvalue weighted by Gasteiger charge is -2.13. The maximum absolute atomic E-state index is 14.3. The Hall–Kier alpha value is -1.93. The molecule has 0 aromatic heterocycles. The molecule has 0 radical (unpaired) electrons. The van der Waals surface area contributed by atoms with E-state index in [1.807, 2.05) is 6.07 Å². The van der Waals surface area contributed by atoms with Gasteiger partial charge in [-0.15, -0.1) is 0 Å². The molecule has 1 aliphatic rings. The molecule has 0 spiro atoms. The number of fused-ring (bicyclic) bond motifs is 2. The van der Waals surface area contributed by atoms with Crippen LogP contribution >= 0.6 is 0 Å². The van der Waals surface area contributed by atoms with Gasteiger partial charge >= 0.3 is 0 Å². The second-order valence-electron chi connectivity index (χ2n) is 6.13. The zero-order chi connectivity index (χ0) is 15.5. The van der Waals surface area contributed by atoms with Crippen molar-refractivity contribution in [2.75, 3.05) is 20.6 Å². The highest BCUT2D eigenvalue weighted by Gasteiger charge is 2.19. The van der Waals surface area contributed by atoms with Crippen LogP contribution in [0.3, 0.4) is 0 Å². The van der Waals surface area contributed by atoms with Gasteiger partial charge < -0.3 is 4.90 Å². The summed E-state index contributed by atoms with van der Waals surface area (Å²) in [6.45, 7) is 0.996. The van der Waals surface area contributed by atoms with Crippen LogP contribution in [0.5, 0.6) is 0 Å². The van der Waals surface area contributed by atoms with E-state index in [4.69, 9.17) is 0 Å². The van der Waals surface area contributed by atoms with Crippen LogP contribution in [0.25, 0.3) is 5.57 Å². The first kappa shape index (κ1) is 15.0. The van der Waals surface area contributed by atoms with E-state index in [0.717, 1.165) is 36.9 Å². The van der Waals surface area contributed by atoms with Crippen LogP contribution in [-0.4, -0.2) is 25.5 Å². The molecular formula is C20H22FN. The molecule has 0 atom stereocenters. The Balaban J connectivity index is 2.11. The van der Waals surface area contributed by atoms with E-state index in [-0.39, 0.29) is 5.82 Å². The summed E-state index contributed by atoms with van der Waals surface area (Å²) in [5, 5.41) is 0. The second-order valence-corrected chi connectivity index (χ2v) is 6.13. The molecule has 0 saturated carbocycles. The van der Waals surface area contributed by atoms with E-state index in [0.29, 0.717) is 0 Å². The number of hydrogen-bond acceptors (Lipinski definition) is 1. The zero-order valence-corrected chi connectivity index (χ0v) is 13.3. The molecule has 1 aliphatic carbocycles. The van der Waals surface area contributed by atoms with Crippen LogP contribution in [0.15, 0.2) is 48.5 Å². The Kier molecular flexibility index (Phi) is 4.39. The zero-order valence-electron chi connectivity index (χ0n) is 13.3. The summed E-state index contributed by atoms with van der Waals surface area (Å²) in [6, 6.07) is 13.9. The molecule has 0 bridgehead atoms. The van der Waals surface area contributed by atoms with Crippen LogP contribution in [0, 0.1) is 5.82 Å². The lowest BCUT2D eigenvalue weighted by Crippen LogP contribution is -2.12. The van der Waals surface area contributed by atoms with Crippen LogP contribution in [0.1, 0.15) is 28.7 Å². The Morgan fingerprint density at radius 3 is 2.59 bits per heavy atom. The predicted molar refractivity (Wildman–Crippen MR) is 90.5 cm³/mol.